The summed E-state index contributed by atoms with van der Waals surface area (Å²) in [6, 6.07) is 16.3. The van der Waals surface area contributed by atoms with Gasteiger partial charge in [-0.05, 0) is 30.2 Å². The Bertz CT molecular complexity index is 633. The maximum Gasteiger partial charge on any atom is 0.407 e. The highest BCUT2D eigenvalue weighted by molar-refractivity contribution is 6.30. The van der Waals surface area contributed by atoms with Crippen LogP contribution in [0, 0.1) is 0 Å². The van der Waals surface area contributed by atoms with Crippen molar-refractivity contribution >= 4 is 17.7 Å². The van der Waals surface area contributed by atoms with Gasteiger partial charge < -0.3 is 15.2 Å². The summed E-state index contributed by atoms with van der Waals surface area (Å²) in [7, 11) is 0. The topological polar surface area (TPSA) is 58.6 Å². The number of rotatable bonds is 6. The van der Waals surface area contributed by atoms with Crippen LogP contribution in [0.4, 0.5) is 4.79 Å². The zero-order valence-corrected chi connectivity index (χ0v) is 13.7. The lowest BCUT2D eigenvalue weighted by atomic mass is 10.0. The van der Waals surface area contributed by atoms with Gasteiger partial charge in [0.1, 0.15) is 6.61 Å². The normalized spacial score (nSPS) is 13.2. The minimum Gasteiger partial charge on any atom is -0.445 e. The monoisotopic (exact) mass is 333 g/mol. The van der Waals surface area contributed by atoms with Gasteiger partial charge in [-0.3, -0.25) is 0 Å². The van der Waals surface area contributed by atoms with Crippen molar-refractivity contribution < 1.29 is 14.6 Å². The SMILES string of the molecule is C[C@H](NC(=O)OCc1ccccc1)[C@@H](O)Cc1cccc(Cl)c1. The molecule has 4 nitrogen and oxygen atoms in total. The number of carbonyl (C=O) groups excluding carboxylic acids is 1. The molecule has 0 spiro atoms. The van der Waals surface area contributed by atoms with Gasteiger partial charge in [-0.2, -0.15) is 0 Å². The van der Waals surface area contributed by atoms with Gasteiger partial charge >= 0.3 is 6.09 Å². The van der Waals surface area contributed by atoms with Crippen LogP contribution in [0.2, 0.25) is 5.02 Å². The van der Waals surface area contributed by atoms with Crippen LogP contribution in [0.1, 0.15) is 18.1 Å². The van der Waals surface area contributed by atoms with Gasteiger partial charge in [0.05, 0.1) is 12.1 Å². The predicted molar refractivity (Wildman–Crippen MR) is 90.4 cm³/mol. The van der Waals surface area contributed by atoms with Gasteiger partial charge in [0.2, 0.25) is 0 Å². The summed E-state index contributed by atoms with van der Waals surface area (Å²) in [5.41, 5.74) is 1.83. The van der Waals surface area contributed by atoms with Crippen LogP contribution in [0.5, 0.6) is 0 Å². The second kappa shape index (κ2) is 8.56. The van der Waals surface area contributed by atoms with E-state index in [0.29, 0.717) is 11.4 Å². The molecule has 0 saturated heterocycles. The number of hydrogen-bond acceptors (Lipinski definition) is 3. The zero-order valence-electron chi connectivity index (χ0n) is 12.9. The molecule has 0 aliphatic carbocycles. The van der Waals surface area contributed by atoms with Gasteiger partial charge in [-0.15, -0.1) is 0 Å². The number of ether oxygens (including phenoxy) is 1. The molecule has 0 radical (unpaired) electrons. The molecule has 2 aromatic rings. The fraction of sp³-hybridized carbons (Fsp3) is 0.278. The fourth-order valence-corrected chi connectivity index (χ4v) is 2.34. The van der Waals surface area contributed by atoms with Crippen molar-refractivity contribution in [3.05, 3.63) is 70.7 Å². The van der Waals surface area contributed by atoms with Gasteiger partial charge in [0.25, 0.3) is 0 Å². The van der Waals surface area contributed by atoms with Gasteiger partial charge in [-0.25, -0.2) is 4.79 Å². The molecule has 0 aliphatic rings. The predicted octanol–water partition coefficient (Wildman–Crippen LogP) is 3.56. The molecule has 0 saturated carbocycles. The Morgan fingerprint density at radius 2 is 1.87 bits per heavy atom. The van der Waals surface area contributed by atoms with Crippen molar-refractivity contribution in [1.29, 1.82) is 0 Å². The van der Waals surface area contributed by atoms with Crippen LogP contribution < -0.4 is 5.32 Å². The standard InChI is InChI=1S/C18H20ClNO3/c1-13(17(21)11-15-8-5-9-16(19)10-15)20-18(22)23-12-14-6-3-2-4-7-14/h2-10,13,17,21H,11-12H2,1H3,(H,20,22)/t13-,17-/m0/s1. The first kappa shape index (κ1) is 17.3. The Hall–Kier alpha value is -2.04. The van der Waals surface area contributed by atoms with Crippen LogP contribution in [0.3, 0.4) is 0 Å². The molecule has 2 atom stereocenters. The zero-order chi connectivity index (χ0) is 16.7. The van der Waals surface area contributed by atoms with E-state index in [1.807, 2.05) is 42.5 Å². The summed E-state index contributed by atoms with van der Waals surface area (Å²) < 4.78 is 5.14. The minimum absolute atomic E-state index is 0.198. The van der Waals surface area contributed by atoms with E-state index in [4.69, 9.17) is 16.3 Å². The molecule has 2 N–H and O–H groups in total. The van der Waals surface area contributed by atoms with E-state index in [9.17, 15) is 9.90 Å². The summed E-state index contributed by atoms with van der Waals surface area (Å²) in [4.78, 5) is 11.8. The van der Waals surface area contributed by atoms with E-state index < -0.39 is 18.2 Å². The lowest BCUT2D eigenvalue weighted by Gasteiger charge is -2.20. The third-order valence-electron chi connectivity index (χ3n) is 3.47. The Balaban J connectivity index is 1.78. The molecule has 122 valence electrons. The molecular formula is C18H20ClNO3. The lowest BCUT2D eigenvalue weighted by Crippen LogP contribution is -2.42. The van der Waals surface area contributed by atoms with Crippen LogP contribution in [-0.2, 0) is 17.8 Å². The highest BCUT2D eigenvalue weighted by Gasteiger charge is 2.18. The van der Waals surface area contributed by atoms with Crippen LogP contribution in [0.15, 0.2) is 54.6 Å². The number of alkyl carbamates (subject to hydrolysis) is 1. The molecule has 0 fully saturated rings. The molecular weight excluding hydrogens is 314 g/mol. The largest absolute Gasteiger partial charge is 0.445 e. The number of nitrogens with one attached hydrogen (secondary N) is 1. The molecule has 0 heterocycles. The molecule has 2 aromatic carbocycles. The molecule has 5 heteroatoms. The van der Waals surface area contributed by atoms with Gasteiger partial charge in [0.15, 0.2) is 0 Å². The number of aliphatic hydroxyl groups excluding tert-OH is 1. The van der Waals surface area contributed by atoms with Crippen molar-refractivity contribution in [2.45, 2.75) is 32.1 Å². The number of hydrogen-bond donors (Lipinski definition) is 2. The molecule has 2 rings (SSSR count). The first-order valence-corrected chi connectivity index (χ1v) is 7.82. The van der Waals surface area contributed by atoms with E-state index in [2.05, 4.69) is 5.32 Å². The number of benzene rings is 2. The smallest absolute Gasteiger partial charge is 0.407 e. The van der Waals surface area contributed by atoms with Gasteiger partial charge in [-0.1, -0.05) is 54.1 Å². The third-order valence-corrected chi connectivity index (χ3v) is 3.70. The number of aliphatic hydroxyl groups is 1. The second-order valence-corrected chi connectivity index (χ2v) is 5.83. The van der Waals surface area contributed by atoms with E-state index in [0.717, 1.165) is 11.1 Å². The summed E-state index contributed by atoms with van der Waals surface area (Å²) in [5, 5.41) is 13.4. The highest BCUT2D eigenvalue weighted by Crippen LogP contribution is 2.13. The molecule has 1 amide bonds. The van der Waals surface area contributed by atoms with Crippen LogP contribution in [0.25, 0.3) is 0 Å². The van der Waals surface area contributed by atoms with Crippen molar-refractivity contribution in [2.24, 2.45) is 0 Å². The maximum absolute atomic E-state index is 11.8. The minimum atomic E-state index is -0.724. The summed E-state index contributed by atoms with van der Waals surface area (Å²) in [5.74, 6) is 0. The Kier molecular flexibility index (Phi) is 6.44. The third kappa shape index (κ3) is 5.93. The molecule has 0 aromatic heterocycles. The summed E-state index contributed by atoms with van der Waals surface area (Å²) in [6.07, 6.45) is -0.870. The second-order valence-electron chi connectivity index (χ2n) is 5.40. The maximum atomic E-state index is 11.8. The van der Waals surface area contributed by atoms with Crippen molar-refractivity contribution in [3.8, 4) is 0 Å². The fourth-order valence-electron chi connectivity index (χ4n) is 2.13. The van der Waals surface area contributed by atoms with E-state index in [1.54, 1.807) is 19.1 Å². The van der Waals surface area contributed by atoms with Crippen LogP contribution >= 0.6 is 11.6 Å². The number of carbonyl (C=O) groups is 1. The highest BCUT2D eigenvalue weighted by atomic mass is 35.5. The first-order valence-electron chi connectivity index (χ1n) is 7.44. The average Bonchev–Trinajstić information content (AvgIpc) is 2.54. The summed E-state index contributed by atoms with van der Waals surface area (Å²) >= 11 is 5.92. The molecule has 0 unspecified atom stereocenters. The Morgan fingerprint density at radius 3 is 2.57 bits per heavy atom. The lowest BCUT2D eigenvalue weighted by molar-refractivity contribution is 0.106. The van der Waals surface area contributed by atoms with E-state index >= 15 is 0 Å². The first-order chi connectivity index (χ1) is 11.0. The van der Waals surface area contributed by atoms with Crippen molar-refractivity contribution in [1.82, 2.24) is 5.32 Å². The Morgan fingerprint density at radius 1 is 1.17 bits per heavy atom. The molecule has 0 aliphatic heterocycles. The average molecular weight is 334 g/mol. The van der Waals surface area contributed by atoms with Crippen molar-refractivity contribution in [3.63, 3.8) is 0 Å². The molecule has 23 heavy (non-hydrogen) atoms. The quantitative estimate of drug-likeness (QED) is 0.849. The van der Waals surface area contributed by atoms with E-state index in [-0.39, 0.29) is 6.61 Å². The number of halogens is 1. The van der Waals surface area contributed by atoms with E-state index in [1.165, 1.54) is 0 Å². The van der Waals surface area contributed by atoms with Gasteiger partial charge in [0, 0.05) is 11.4 Å². The number of amides is 1. The van der Waals surface area contributed by atoms with Crippen molar-refractivity contribution in [2.75, 3.05) is 0 Å². The summed E-state index contributed by atoms with van der Waals surface area (Å²) in [6.45, 7) is 1.93. The Labute approximate surface area is 141 Å². The molecule has 0 bridgehead atoms. The van der Waals surface area contributed by atoms with Crippen LogP contribution in [-0.4, -0.2) is 23.3 Å².